The van der Waals surface area contributed by atoms with E-state index in [1.165, 1.54) is 22.2 Å². The third-order valence-electron chi connectivity index (χ3n) is 3.97. The summed E-state index contributed by atoms with van der Waals surface area (Å²) in [7, 11) is 0. The number of nitrogens with one attached hydrogen (secondary N) is 1. The first-order valence-electron chi connectivity index (χ1n) is 8.84. The summed E-state index contributed by atoms with van der Waals surface area (Å²) in [5.41, 5.74) is -0.888. The highest BCUT2D eigenvalue weighted by Gasteiger charge is 2.30. The van der Waals surface area contributed by atoms with Crippen LogP contribution in [0.25, 0.3) is 0 Å². The molecule has 0 saturated heterocycles. The van der Waals surface area contributed by atoms with Gasteiger partial charge >= 0.3 is 6.18 Å². The van der Waals surface area contributed by atoms with E-state index in [0.29, 0.717) is 6.42 Å². The van der Waals surface area contributed by atoms with Gasteiger partial charge in [-0.1, -0.05) is 5.21 Å². The molecule has 0 aliphatic heterocycles. The van der Waals surface area contributed by atoms with Gasteiger partial charge in [-0.25, -0.2) is 9.07 Å². The third kappa shape index (κ3) is 6.02. The second-order valence-electron chi connectivity index (χ2n) is 6.39. The second kappa shape index (κ2) is 9.24. The summed E-state index contributed by atoms with van der Waals surface area (Å²) >= 11 is 1.41. The van der Waals surface area contributed by atoms with Crippen LogP contribution < -0.4 is 5.32 Å². The third-order valence-corrected chi connectivity index (χ3v) is 4.87. The van der Waals surface area contributed by atoms with Crippen molar-refractivity contribution in [2.45, 2.75) is 45.2 Å². The minimum atomic E-state index is -4.50. The first-order chi connectivity index (χ1) is 14.2. The molecule has 3 aromatic heterocycles. The first-order valence-corrected chi connectivity index (χ1v) is 9.66. The van der Waals surface area contributed by atoms with E-state index >= 15 is 0 Å². The molecule has 0 fully saturated rings. The van der Waals surface area contributed by atoms with Gasteiger partial charge in [0, 0.05) is 12.6 Å². The van der Waals surface area contributed by atoms with Gasteiger partial charge in [-0.2, -0.15) is 13.2 Å². The van der Waals surface area contributed by atoms with Crippen LogP contribution in [0.3, 0.4) is 0 Å². The molecule has 3 aromatic rings. The van der Waals surface area contributed by atoms with Gasteiger partial charge < -0.3 is 5.32 Å². The molecule has 3 heterocycles. The molecule has 0 aliphatic rings. The van der Waals surface area contributed by atoms with Crippen molar-refractivity contribution >= 4 is 17.2 Å². The minimum Gasteiger partial charge on any atom is -0.345 e. The van der Waals surface area contributed by atoms with Gasteiger partial charge in [0.05, 0.1) is 30.5 Å². The van der Waals surface area contributed by atoms with Crippen LogP contribution in [0.1, 0.15) is 38.2 Å². The van der Waals surface area contributed by atoms with Gasteiger partial charge in [-0.15, -0.1) is 26.6 Å². The Morgan fingerprint density at radius 3 is 2.80 bits per heavy atom. The fraction of sp³-hybridized carbons (Fsp3) is 0.412. The van der Waals surface area contributed by atoms with E-state index in [2.05, 4.69) is 30.8 Å². The molecule has 0 saturated carbocycles. The Labute approximate surface area is 172 Å². The number of alkyl halides is 4. The zero-order valence-electron chi connectivity index (χ0n) is 15.7. The predicted octanol–water partition coefficient (Wildman–Crippen LogP) is 2.75. The molecular weight excluding hydrogens is 426 g/mol. The predicted molar refractivity (Wildman–Crippen MR) is 98.3 cm³/mol. The fourth-order valence-electron chi connectivity index (χ4n) is 2.52. The van der Waals surface area contributed by atoms with E-state index in [0.717, 1.165) is 28.3 Å². The Bertz CT molecular complexity index is 1000. The molecule has 0 aliphatic carbocycles. The lowest BCUT2D eigenvalue weighted by Gasteiger charge is -2.08. The van der Waals surface area contributed by atoms with Crippen LogP contribution in [0.5, 0.6) is 0 Å². The minimum absolute atomic E-state index is 0.0429. The van der Waals surface area contributed by atoms with Crippen molar-refractivity contribution in [1.82, 2.24) is 35.5 Å². The summed E-state index contributed by atoms with van der Waals surface area (Å²) in [6.45, 7) is 1.51. The number of rotatable bonds is 8. The van der Waals surface area contributed by atoms with Crippen molar-refractivity contribution < 1.29 is 22.4 Å². The number of aromatic nitrogens is 6. The van der Waals surface area contributed by atoms with Crippen molar-refractivity contribution in [3.63, 3.8) is 0 Å². The summed E-state index contributed by atoms with van der Waals surface area (Å²) in [5, 5.41) is 19.2. The summed E-state index contributed by atoms with van der Waals surface area (Å²) in [4.78, 5) is 15.9. The summed E-state index contributed by atoms with van der Waals surface area (Å²) in [6.07, 6.45) is -2.76. The van der Waals surface area contributed by atoms with Gasteiger partial charge in [0.15, 0.2) is 5.69 Å². The molecule has 1 atom stereocenters. The Morgan fingerprint density at radius 2 is 2.10 bits per heavy atom. The largest absolute Gasteiger partial charge is 0.416 e. The number of amides is 1. The number of hydrogen-bond acceptors (Lipinski definition) is 7. The fourth-order valence-corrected chi connectivity index (χ4v) is 3.24. The number of hydrogen-bond donors (Lipinski definition) is 1. The lowest BCUT2D eigenvalue weighted by Crippen LogP contribution is -2.24. The molecule has 1 unspecified atom stereocenters. The van der Waals surface area contributed by atoms with E-state index in [4.69, 9.17) is 0 Å². The summed E-state index contributed by atoms with van der Waals surface area (Å²) in [5.74, 6) is -0.653. The van der Waals surface area contributed by atoms with E-state index in [1.54, 1.807) is 0 Å². The molecule has 3 rings (SSSR count). The molecule has 0 aromatic carbocycles. The molecule has 0 spiro atoms. The number of pyridine rings is 1. The van der Waals surface area contributed by atoms with Crippen LogP contribution >= 0.6 is 11.3 Å². The highest BCUT2D eigenvalue weighted by molar-refractivity contribution is 7.11. The molecule has 0 radical (unpaired) electrons. The average Bonchev–Trinajstić information content (AvgIpc) is 3.33. The van der Waals surface area contributed by atoms with E-state index < -0.39 is 23.8 Å². The Kier molecular flexibility index (Phi) is 6.70. The normalized spacial score (nSPS) is 12.7. The molecule has 8 nitrogen and oxygen atoms in total. The smallest absolute Gasteiger partial charge is 0.345 e. The van der Waals surface area contributed by atoms with Crippen LogP contribution in [-0.2, 0) is 25.7 Å². The quantitative estimate of drug-likeness (QED) is 0.538. The van der Waals surface area contributed by atoms with E-state index in [9.17, 15) is 22.4 Å². The van der Waals surface area contributed by atoms with Gasteiger partial charge in [0.1, 0.15) is 16.2 Å². The van der Waals surface area contributed by atoms with Crippen molar-refractivity contribution in [2.24, 2.45) is 0 Å². The number of nitrogens with zero attached hydrogens (tertiary/aromatic N) is 6. The maximum Gasteiger partial charge on any atom is 0.416 e. The van der Waals surface area contributed by atoms with Gasteiger partial charge in [0.25, 0.3) is 5.91 Å². The van der Waals surface area contributed by atoms with Crippen LogP contribution in [0.4, 0.5) is 17.6 Å². The lowest BCUT2D eigenvalue weighted by molar-refractivity contribution is -0.137. The molecule has 13 heteroatoms. The van der Waals surface area contributed by atoms with Crippen LogP contribution in [0.2, 0.25) is 0 Å². The maximum absolute atomic E-state index is 14.2. The Morgan fingerprint density at radius 1 is 1.30 bits per heavy atom. The Hall–Kier alpha value is -2.96. The molecule has 1 N–H and O–H groups in total. The highest BCUT2D eigenvalue weighted by atomic mass is 32.1. The van der Waals surface area contributed by atoms with Gasteiger partial charge in [-0.05, 0) is 25.5 Å². The van der Waals surface area contributed by atoms with Crippen molar-refractivity contribution in [3.8, 4) is 0 Å². The average molecular weight is 443 g/mol. The Balaban J connectivity index is 1.49. The lowest BCUT2D eigenvalue weighted by atomic mass is 10.2. The summed E-state index contributed by atoms with van der Waals surface area (Å²) in [6, 6.07) is 1.70. The number of aryl methyl sites for hydroxylation is 2. The molecule has 0 bridgehead atoms. The van der Waals surface area contributed by atoms with Crippen molar-refractivity contribution in [3.05, 3.63) is 51.5 Å². The van der Waals surface area contributed by atoms with E-state index in [1.807, 2.05) is 6.92 Å². The molecule has 160 valence electrons. The second-order valence-corrected chi connectivity index (χ2v) is 7.66. The van der Waals surface area contributed by atoms with E-state index in [-0.39, 0.29) is 30.9 Å². The zero-order chi connectivity index (χ0) is 21.7. The summed E-state index contributed by atoms with van der Waals surface area (Å²) < 4.78 is 53.5. The van der Waals surface area contributed by atoms with Crippen LogP contribution in [-0.4, -0.2) is 42.3 Å². The number of halogens is 4. The molecule has 30 heavy (non-hydrogen) atoms. The maximum atomic E-state index is 14.2. The number of carbonyl (C=O) groups is 1. The molecule has 1 amide bonds. The molecular formula is C17H17F4N7OS. The zero-order valence-corrected chi connectivity index (χ0v) is 16.5. The van der Waals surface area contributed by atoms with Crippen LogP contribution in [0.15, 0.2) is 24.5 Å². The topological polar surface area (TPSA) is 98.5 Å². The highest BCUT2D eigenvalue weighted by Crippen LogP contribution is 2.28. The van der Waals surface area contributed by atoms with Crippen molar-refractivity contribution in [2.75, 3.05) is 0 Å². The van der Waals surface area contributed by atoms with Crippen LogP contribution in [0, 0.1) is 6.92 Å². The van der Waals surface area contributed by atoms with Gasteiger partial charge in [-0.3, -0.25) is 9.78 Å². The standard InChI is InChI=1S/C17H17F4N7OS/c1-10-24-26-15(30-10)3-2-12(18)8-28-9-14(25-27-28)16(29)23-7-13-6-11(4-5-22-13)17(19,20)21/h4-6,9,12H,2-3,7-8H2,1H3,(H,23,29). The SMILES string of the molecule is Cc1nnc(CCC(F)Cn2cc(C(=O)NCc3cc(C(F)(F)F)ccn3)nn2)s1. The van der Waals surface area contributed by atoms with Gasteiger partial charge in [0.2, 0.25) is 0 Å². The first kappa shape index (κ1) is 21.7. The van der Waals surface area contributed by atoms with Crippen molar-refractivity contribution in [1.29, 1.82) is 0 Å². The number of carbonyl (C=O) groups excluding carboxylic acids is 1. The monoisotopic (exact) mass is 443 g/mol.